The second-order valence-corrected chi connectivity index (χ2v) is 8.50. The highest BCUT2D eigenvalue weighted by Crippen LogP contribution is 2.12. The molecule has 2 N–H and O–H groups in total. The summed E-state index contributed by atoms with van der Waals surface area (Å²) in [5.74, 6) is -1.49. The normalized spacial score (nSPS) is 10.3. The van der Waals surface area contributed by atoms with E-state index < -0.39 is 11.9 Å². The van der Waals surface area contributed by atoms with Gasteiger partial charge in [-0.15, -0.1) is 0 Å². The molecule has 190 valence electrons. The molecule has 32 heavy (non-hydrogen) atoms. The molecule has 0 aromatic heterocycles. The van der Waals surface area contributed by atoms with Crippen LogP contribution in [0.3, 0.4) is 0 Å². The SMILES string of the molecule is CCCCCCCCCCCCCC(=O)O.CCOC(=O)CCCCCCCCC(=O)O. The first kappa shape index (κ1) is 32.6. The van der Waals surface area contributed by atoms with Crippen LogP contribution in [0.4, 0.5) is 0 Å². The van der Waals surface area contributed by atoms with Crippen molar-refractivity contribution >= 4 is 17.9 Å². The molecule has 0 saturated heterocycles. The first-order chi connectivity index (χ1) is 15.4. The Hall–Kier alpha value is -1.59. The molecule has 0 fully saturated rings. The van der Waals surface area contributed by atoms with Crippen molar-refractivity contribution in [2.24, 2.45) is 0 Å². The van der Waals surface area contributed by atoms with E-state index in [9.17, 15) is 14.4 Å². The van der Waals surface area contributed by atoms with Crippen LogP contribution in [-0.4, -0.2) is 34.7 Å². The largest absolute Gasteiger partial charge is 0.481 e. The van der Waals surface area contributed by atoms with E-state index in [1.165, 1.54) is 57.8 Å². The molecule has 0 aliphatic rings. The first-order valence-electron chi connectivity index (χ1n) is 13.0. The van der Waals surface area contributed by atoms with Crippen molar-refractivity contribution in [3.05, 3.63) is 0 Å². The number of unbranched alkanes of at least 4 members (excludes halogenated alkanes) is 15. The third-order valence-electron chi connectivity index (χ3n) is 5.32. The highest BCUT2D eigenvalue weighted by atomic mass is 16.5. The molecule has 0 rings (SSSR count). The predicted octanol–water partition coefficient (Wildman–Crippen LogP) is 7.53. The van der Waals surface area contributed by atoms with Gasteiger partial charge >= 0.3 is 17.9 Å². The first-order valence-corrected chi connectivity index (χ1v) is 13.0. The molecule has 0 bridgehead atoms. The molecule has 0 unspecified atom stereocenters. The monoisotopic (exact) mass is 458 g/mol. The van der Waals surface area contributed by atoms with E-state index in [4.69, 9.17) is 14.9 Å². The second-order valence-electron chi connectivity index (χ2n) is 8.50. The zero-order valence-corrected chi connectivity index (χ0v) is 20.9. The van der Waals surface area contributed by atoms with Crippen LogP contribution in [-0.2, 0) is 19.1 Å². The van der Waals surface area contributed by atoms with Crippen molar-refractivity contribution in [1.82, 2.24) is 0 Å². The summed E-state index contributed by atoms with van der Waals surface area (Å²) in [6, 6.07) is 0. The standard InChI is InChI=1S/C14H28O2.C12H22O4/c1-2-3-4-5-6-7-8-9-10-11-12-13-14(15)16;1-2-16-12(15)10-8-6-4-3-5-7-9-11(13)14/h2-13H2,1H3,(H,15,16);2-10H2,1H3,(H,13,14). The van der Waals surface area contributed by atoms with Gasteiger partial charge in [-0.05, 0) is 26.2 Å². The van der Waals surface area contributed by atoms with Gasteiger partial charge in [-0.2, -0.15) is 0 Å². The van der Waals surface area contributed by atoms with Crippen LogP contribution in [0.15, 0.2) is 0 Å². The quantitative estimate of drug-likeness (QED) is 0.128. The molecule has 0 aromatic rings. The number of hydrogen-bond acceptors (Lipinski definition) is 4. The van der Waals surface area contributed by atoms with E-state index in [0.29, 0.717) is 19.4 Å². The van der Waals surface area contributed by atoms with Crippen molar-refractivity contribution in [3.8, 4) is 0 Å². The van der Waals surface area contributed by atoms with Crippen LogP contribution in [0.25, 0.3) is 0 Å². The minimum absolute atomic E-state index is 0.117. The molecule has 0 saturated carbocycles. The predicted molar refractivity (Wildman–Crippen MR) is 130 cm³/mol. The lowest BCUT2D eigenvalue weighted by atomic mass is 10.1. The molecule has 0 amide bonds. The zero-order valence-electron chi connectivity index (χ0n) is 20.9. The van der Waals surface area contributed by atoms with Gasteiger partial charge in [0, 0.05) is 19.3 Å². The Morgan fingerprint density at radius 3 is 1.12 bits per heavy atom. The summed E-state index contributed by atoms with van der Waals surface area (Å²) in [5, 5.41) is 16.9. The van der Waals surface area contributed by atoms with Crippen molar-refractivity contribution in [3.63, 3.8) is 0 Å². The molecular weight excluding hydrogens is 408 g/mol. The van der Waals surface area contributed by atoms with Gasteiger partial charge in [-0.25, -0.2) is 0 Å². The number of ether oxygens (including phenoxy) is 1. The molecule has 0 heterocycles. The smallest absolute Gasteiger partial charge is 0.305 e. The van der Waals surface area contributed by atoms with Gasteiger partial charge in [0.05, 0.1) is 6.61 Å². The maximum atomic E-state index is 11.0. The zero-order chi connectivity index (χ0) is 24.3. The molecule has 0 aliphatic carbocycles. The maximum absolute atomic E-state index is 11.0. The average Bonchev–Trinajstić information content (AvgIpc) is 2.74. The van der Waals surface area contributed by atoms with Gasteiger partial charge in [0.1, 0.15) is 0 Å². The molecule has 0 atom stereocenters. The summed E-state index contributed by atoms with van der Waals surface area (Å²) in [7, 11) is 0. The van der Waals surface area contributed by atoms with E-state index in [1.807, 2.05) is 0 Å². The number of carbonyl (C=O) groups is 3. The van der Waals surface area contributed by atoms with E-state index in [-0.39, 0.29) is 12.4 Å². The fourth-order valence-electron chi connectivity index (χ4n) is 3.43. The van der Waals surface area contributed by atoms with Crippen LogP contribution in [0, 0.1) is 0 Å². The summed E-state index contributed by atoms with van der Waals surface area (Å²) >= 11 is 0. The Kier molecular flexibility index (Phi) is 27.9. The fraction of sp³-hybridized carbons (Fsp3) is 0.885. The summed E-state index contributed by atoms with van der Waals surface area (Å²) in [4.78, 5) is 31.4. The van der Waals surface area contributed by atoms with Crippen LogP contribution >= 0.6 is 0 Å². The molecule has 0 aromatic carbocycles. The number of esters is 1. The van der Waals surface area contributed by atoms with E-state index in [2.05, 4.69) is 6.92 Å². The lowest BCUT2D eigenvalue weighted by molar-refractivity contribution is -0.143. The Morgan fingerprint density at radius 2 is 0.812 bits per heavy atom. The third-order valence-corrected chi connectivity index (χ3v) is 5.32. The molecule has 0 spiro atoms. The molecule has 0 radical (unpaired) electrons. The second kappa shape index (κ2) is 27.4. The molecule has 0 aliphatic heterocycles. The summed E-state index contributed by atoms with van der Waals surface area (Å²) in [6.45, 7) is 4.51. The van der Waals surface area contributed by atoms with Gasteiger partial charge in [-0.1, -0.05) is 96.8 Å². The summed E-state index contributed by atoms with van der Waals surface area (Å²) in [5.41, 5.74) is 0. The Balaban J connectivity index is 0. The number of carbonyl (C=O) groups excluding carboxylic acids is 1. The number of rotatable bonds is 22. The lowest BCUT2D eigenvalue weighted by Crippen LogP contribution is -2.03. The van der Waals surface area contributed by atoms with Crippen molar-refractivity contribution in [2.45, 2.75) is 142 Å². The minimum Gasteiger partial charge on any atom is -0.481 e. The summed E-state index contributed by atoms with van der Waals surface area (Å²) in [6.07, 6.45) is 20.9. The average molecular weight is 459 g/mol. The molecule has 6 heteroatoms. The van der Waals surface area contributed by atoms with Crippen LogP contribution in [0.1, 0.15) is 142 Å². The van der Waals surface area contributed by atoms with Crippen LogP contribution < -0.4 is 0 Å². The summed E-state index contributed by atoms with van der Waals surface area (Å²) < 4.78 is 4.81. The topological polar surface area (TPSA) is 101 Å². The van der Waals surface area contributed by atoms with Gasteiger partial charge in [0.15, 0.2) is 0 Å². The van der Waals surface area contributed by atoms with Crippen molar-refractivity contribution in [1.29, 1.82) is 0 Å². The van der Waals surface area contributed by atoms with Crippen molar-refractivity contribution in [2.75, 3.05) is 6.61 Å². The molecule has 6 nitrogen and oxygen atoms in total. The Bertz CT molecular complexity index is 436. The highest BCUT2D eigenvalue weighted by Gasteiger charge is 2.01. The number of carboxylic acid groups (broad SMARTS) is 2. The van der Waals surface area contributed by atoms with Gasteiger partial charge < -0.3 is 14.9 Å². The molecular formula is C26H50O6. The number of hydrogen-bond donors (Lipinski definition) is 2. The van der Waals surface area contributed by atoms with Gasteiger partial charge in [0.2, 0.25) is 0 Å². The fourth-order valence-corrected chi connectivity index (χ4v) is 3.43. The number of aliphatic carboxylic acids is 2. The van der Waals surface area contributed by atoms with Gasteiger partial charge in [-0.3, -0.25) is 14.4 Å². The van der Waals surface area contributed by atoms with E-state index in [1.54, 1.807) is 6.92 Å². The van der Waals surface area contributed by atoms with Crippen molar-refractivity contribution < 1.29 is 29.3 Å². The Labute approximate surface area is 196 Å². The van der Waals surface area contributed by atoms with Gasteiger partial charge in [0.25, 0.3) is 0 Å². The van der Waals surface area contributed by atoms with Crippen LogP contribution in [0.2, 0.25) is 0 Å². The third kappa shape index (κ3) is 33.1. The lowest BCUT2D eigenvalue weighted by Gasteiger charge is -2.02. The van der Waals surface area contributed by atoms with E-state index >= 15 is 0 Å². The van der Waals surface area contributed by atoms with E-state index in [0.717, 1.165) is 51.4 Å². The maximum Gasteiger partial charge on any atom is 0.305 e. The minimum atomic E-state index is -0.720. The van der Waals surface area contributed by atoms with Crippen LogP contribution in [0.5, 0.6) is 0 Å². The highest BCUT2D eigenvalue weighted by molar-refractivity contribution is 5.69. The Morgan fingerprint density at radius 1 is 0.500 bits per heavy atom. The number of carboxylic acids is 2.